The second-order valence-corrected chi connectivity index (χ2v) is 7.22. The molecule has 1 aliphatic heterocycles. The maximum Gasteiger partial charge on any atom is 0.243 e. The summed E-state index contributed by atoms with van der Waals surface area (Å²) in [6, 6.07) is 7.18. The van der Waals surface area contributed by atoms with Crippen LogP contribution >= 0.6 is 0 Å². The van der Waals surface area contributed by atoms with Crippen molar-refractivity contribution in [2.24, 2.45) is 0 Å². The number of anilines is 1. The molecule has 112 valence electrons. The highest BCUT2D eigenvalue weighted by molar-refractivity contribution is 7.89. The van der Waals surface area contributed by atoms with E-state index in [0.717, 1.165) is 37.8 Å². The van der Waals surface area contributed by atoms with Crippen LogP contribution < -0.4 is 5.32 Å². The van der Waals surface area contributed by atoms with Gasteiger partial charge in [-0.25, -0.2) is 8.42 Å². The van der Waals surface area contributed by atoms with E-state index in [2.05, 4.69) is 12.2 Å². The van der Waals surface area contributed by atoms with Crippen molar-refractivity contribution < 1.29 is 8.42 Å². The van der Waals surface area contributed by atoms with Gasteiger partial charge in [-0.3, -0.25) is 0 Å². The molecule has 1 aromatic carbocycles. The number of sulfonamides is 1. The molecule has 1 aliphatic rings. The molecule has 1 atom stereocenters. The topological polar surface area (TPSA) is 49.4 Å². The van der Waals surface area contributed by atoms with Crippen molar-refractivity contribution in [2.75, 3.05) is 18.9 Å². The number of hydrogen-bond donors (Lipinski definition) is 1. The molecule has 2 rings (SSSR count). The normalized spacial score (nSPS) is 20.8. The number of nitrogens with one attached hydrogen (secondary N) is 1. The summed E-state index contributed by atoms with van der Waals surface area (Å²) in [5.74, 6) is 0. The van der Waals surface area contributed by atoms with E-state index in [0.29, 0.717) is 11.4 Å². The van der Waals surface area contributed by atoms with E-state index in [9.17, 15) is 8.42 Å². The van der Waals surface area contributed by atoms with E-state index in [1.54, 1.807) is 16.4 Å². The van der Waals surface area contributed by atoms with Gasteiger partial charge in [-0.15, -0.1) is 0 Å². The molecule has 0 radical (unpaired) electrons. The van der Waals surface area contributed by atoms with E-state index in [1.165, 1.54) is 0 Å². The van der Waals surface area contributed by atoms with E-state index in [4.69, 9.17) is 0 Å². The molecule has 1 aromatic rings. The molecule has 20 heavy (non-hydrogen) atoms. The number of benzene rings is 1. The summed E-state index contributed by atoms with van der Waals surface area (Å²) >= 11 is 0. The van der Waals surface area contributed by atoms with Crippen LogP contribution in [0.15, 0.2) is 29.2 Å². The van der Waals surface area contributed by atoms with Crippen LogP contribution in [0.4, 0.5) is 5.69 Å². The standard InChI is InChI=1S/C15H24N2O2S/c1-3-6-14-7-4-5-12-17(14)20(18,19)15-10-8-13(16-2)9-11-15/h8-11,14,16H,3-7,12H2,1-2H3. The lowest BCUT2D eigenvalue weighted by Gasteiger charge is -2.34. The second kappa shape index (κ2) is 6.59. The van der Waals surface area contributed by atoms with Gasteiger partial charge in [0.1, 0.15) is 0 Å². The lowest BCUT2D eigenvalue weighted by molar-refractivity contribution is 0.239. The second-order valence-electron chi connectivity index (χ2n) is 5.33. The fraction of sp³-hybridized carbons (Fsp3) is 0.600. The highest BCUT2D eigenvalue weighted by atomic mass is 32.2. The van der Waals surface area contributed by atoms with Crippen molar-refractivity contribution in [3.05, 3.63) is 24.3 Å². The summed E-state index contributed by atoms with van der Waals surface area (Å²) in [6.07, 6.45) is 5.06. The molecule has 0 aliphatic carbocycles. The van der Waals surface area contributed by atoms with Crippen LogP contribution in [0.25, 0.3) is 0 Å². The van der Waals surface area contributed by atoms with Crippen molar-refractivity contribution in [2.45, 2.75) is 50.0 Å². The summed E-state index contributed by atoms with van der Waals surface area (Å²) in [4.78, 5) is 0.402. The van der Waals surface area contributed by atoms with Crippen LogP contribution in [0.5, 0.6) is 0 Å². The Bertz CT molecular complexity index is 523. The van der Waals surface area contributed by atoms with Crippen molar-refractivity contribution >= 4 is 15.7 Å². The van der Waals surface area contributed by atoms with Gasteiger partial charge >= 0.3 is 0 Å². The Hall–Kier alpha value is -1.07. The van der Waals surface area contributed by atoms with Crippen LogP contribution in [0.3, 0.4) is 0 Å². The predicted molar refractivity (Wildman–Crippen MR) is 82.4 cm³/mol. The number of piperidine rings is 1. The van der Waals surface area contributed by atoms with Crippen LogP contribution in [0, 0.1) is 0 Å². The average Bonchev–Trinajstić information content (AvgIpc) is 2.48. The number of rotatable bonds is 5. The lowest BCUT2D eigenvalue weighted by atomic mass is 10.0. The first kappa shape index (κ1) is 15.3. The fourth-order valence-electron chi connectivity index (χ4n) is 2.84. The molecule has 0 aromatic heterocycles. The van der Waals surface area contributed by atoms with Gasteiger partial charge < -0.3 is 5.32 Å². The maximum absolute atomic E-state index is 12.8. The van der Waals surface area contributed by atoms with E-state index < -0.39 is 10.0 Å². The highest BCUT2D eigenvalue weighted by Crippen LogP contribution is 2.28. The van der Waals surface area contributed by atoms with Crippen LogP contribution in [0.1, 0.15) is 39.0 Å². The summed E-state index contributed by atoms with van der Waals surface area (Å²) in [5.41, 5.74) is 0.924. The molecule has 5 heteroatoms. The largest absolute Gasteiger partial charge is 0.388 e. The smallest absolute Gasteiger partial charge is 0.243 e. The lowest BCUT2D eigenvalue weighted by Crippen LogP contribution is -2.43. The molecule has 1 heterocycles. The molecule has 0 saturated carbocycles. The van der Waals surface area contributed by atoms with Crippen molar-refractivity contribution in [3.8, 4) is 0 Å². The predicted octanol–water partition coefficient (Wildman–Crippen LogP) is 3.07. The Labute approximate surface area is 122 Å². The summed E-state index contributed by atoms with van der Waals surface area (Å²) in [5, 5.41) is 3.01. The summed E-state index contributed by atoms with van der Waals surface area (Å²) < 4.78 is 27.3. The first-order valence-electron chi connectivity index (χ1n) is 7.39. The van der Waals surface area contributed by atoms with Crippen LogP contribution in [0.2, 0.25) is 0 Å². The van der Waals surface area contributed by atoms with Crippen LogP contribution in [-0.4, -0.2) is 32.4 Å². The first-order chi connectivity index (χ1) is 9.59. The van der Waals surface area contributed by atoms with E-state index in [-0.39, 0.29) is 6.04 Å². The van der Waals surface area contributed by atoms with Crippen LogP contribution in [-0.2, 0) is 10.0 Å². The first-order valence-corrected chi connectivity index (χ1v) is 8.83. The zero-order chi connectivity index (χ0) is 14.6. The minimum Gasteiger partial charge on any atom is -0.388 e. The molecule has 1 fully saturated rings. The van der Waals surface area contributed by atoms with Gasteiger partial charge in [0.25, 0.3) is 0 Å². The van der Waals surface area contributed by atoms with Gasteiger partial charge in [0, 0.05) is 25.3 Å². The van der Waals surface area contributed by atoms with Crippen molar-refractivity contribution in [1.29, 1.82) is 0 Å². The minimum atomic E-state index is -3.35. The van der Waals surface area contributed by atoms with Gasteiger partial charge in [-0.2, -0.15) is 4.31 Å². The number of hydrogen-bond acceptors (Lipinski definition) is 3. The Morgan fingerprint density at radius 1 is 1.25 bits per heavy atom. The maximum atomic E-state index is 12.8. The molecule has 0 bridgehead atoms. The molecule has 0 amide bonds. The third kappa shape index (κ3) is 3.15. The SMILES string of the molecule is CCCC1CCCCN1S(=O)(=O)c1ccc(NC)cc1. The zero-order valence-corrected chi connectivity index (χ0v) is 13.1. The quantitative estimate of drug-likeness (QED) is 0.908. The minimum absolute atomic E-state index is 0.169. The average molecular weight is 296 g/mol. The molecule has 1 N–H and O–H groups in total. The van der Waals surface area contributed by atoms with Gasteiger partial charge in [-0.05, 0) is 43.5 Å². The van der Waals surface area contributed by atoms with Crippen molar-refractivity contribution in [3.63, 3.8) is 0 Å². The Morgan fingerprint density at radius 2 is 1.95 bits per heavy atom. The summed E-state index contributed by atoms with van der Waals surface area (Å²) in [7, 11) is -1.53. The third-order valence-corrected chi connectivity index (χ3v) is 5.91. The Kier molecular flexibility index (Phi) is 5.05. The molecular formula is C15H24N2O2S. The van der Waals surface area contributed by atoms with Gasteiger partial charge in [0.15, 0.2) is 0 Å². The van der Waals surface area contributed by atoms with Gasteiger partial charge in [0.05, 0.1) is 4.90 Å². The molecule has 0 spiro atoms. The molecular weight excluding hydrogens is 272 g/mol. The molecule has 1 unspecified atom stereocenters. The zero-order valence-electron chi connectivity index (χ0n) is 12.3. The van der Waals surface area contributed by atoms with Gasteiger partial charge in [0.2, 0.25) is 10.0 Å². The van der Waals surface area contributed by atoms with E-state index in [1.807, 2.05) is 19.2 Å². The third-order valence-electron chi connectivity index (χ3n) is 3.94. The summed E-state index contributed by atoms with van der Waals surface area (Å²) in [6.45, 7) is 2.77. The number of nitrogens with zero attached hydrogens (tertiary/aromatic N) is 1. The van der Waals surface area contributed by atoms with E-state index >= 15 is 0 Å². The molecule has 1 saturated heterocycles. The van der Waals surface area contributed by atoms with Crippen molar-refractivity contribution in [1.82, 2.24) is 4.31 Å². The monoisotopic (exact) mass is 296 g/mol. The molecule has 4 nitrogen and oxygen atoms in total. The van der Waals surface area contributed by atoms with Gasteiger partial charge in [-0.1, -0.05) is 19.8 Å². The Balaban J connectivity index is 2.26. The highest BCUT2D eigenvalue weighted by Gasteiger charge is 2.32. The Morgan fingerprint density at radius 3 is 2.55 bits per heavy atom. The fourth-order valence-corrected chi connectivity index (χ4v) is 4.56.